The van der Waals surface area contributed by atoms with Crippen LogP contribution >= 0.6 is 0 Å². The van der Waals surface area contributed by atoms with Gasteiger partial charge in [-0.1, -0.05) is 12.8 Å². The van der Waals surface area contributed by atoms with Crippen molar-refractivity contribution in [3.05, 3.63) is 0 Å². The maximum atomic E-state index is 12.3. The molecule has 2 atom stereocenters. The van der Waals surface area contributed by atoms with Gasteiger partial charge in [0.1, 0.15) is 0 Å². The van der Waals surface area contributed by atoms with E-state index in [4.69, 9.17) is 10.5 Å². The van der Waals surface area contributed by atoms with Crippen molar-refractivity contribution in [1.82, 2.24) is 10.2 Å². The molecule has 7 nitrogen and oxygen atoms in total. The lowest BCUT2D eigenvalue weighted by atomic mass is 9.78. The van der Waals surface area contributed by atoms with Gasteiger partial charge in [-0.25, -0.2) is 4.79 Å². The molecule has 22 heavy (non-hydrogen) atoms. The number of urea groups is 1. The number of nitrogens with two attached hydrogens (primary N) is 1. The van der Waals surface area contributed by atoms with E-state index in [9.17, 15) is 14.4 Å². The topological polar surface area (TPSA) is 102 Å². The van der Waals surface area contributed by atoms with Crippen LogP contribution in [0.2, 0.25) is 0 Å². The molecule has 3 N–H and O–H groups in total. The molecule has 2 rings (SSSR count). The summed E-state index contributed by atoms with van der Waals surface area (Å²) in [6.07, 6.45) is 6.94. The number of esters is 1. The smallest absolute Gasteiger partial charge is 0.312 e. The number of amides is 3. The van der Waals surface area contributed by atoms with Gasteiger partial charge in [0.25, 0.3) is 5.91 Å². The van der Waals surface area contributed by atoms with Gasteiger partial charge in [0, 0.05) is 19.1 Å². The van der Waals surface area contributed by atoms with Gasteiger partial charge in [-0.2, -0.15) is 0 Å². The highest BCUT2D eigenvalue weighted by Crippen LogP contribution is 2.35. The van der Waals surface area contributed by atoms with Gasteiger partial charge in [0.05, 0.1) is 6.42 Å². The van der Waals surface area contributed by atoms with Gasteiger partial charge < -0.3 is 20.7 Å². The fraction of sp³-hybridized carbons (Fsp3) is 0.800. The number of rotatable bonds is 5. The highest BCUT2D eigenvalue weighted by molar-refractivity contribution is 5.81. The van der Waals surface area contributed by atoms with Crippen LogP contribution in [0, 0.1) is 5.92 Å². The summed E-state index contributed by atoms with van der Waals surface area (Å²) in [5, 5.41) is 2.31. The monoisotopic (exact) mass is 311 g/mol. The van der Waals surface area contributed by atoms with Crippen molar-refractivity contribution >= 4 is 17.9 Å². The number of piperidine rings is 1. The molecule has 7 heteroatoms. The number of hydrogen-bond donors (Lipinski definition) is 2. The molecular formula is C15H25N3O4. The quantitative estimate of drug-likeness (QED) is 0.732. The van der Waals surface area contributed by atoms with Crippen LogP contribution in [-0.4, -0.2) is 48.5 Å². The van der Waals surface area contributed by atoms with Crippen LogP contribution in [0.1, 0.15) is 44.9 Å². The molecule has 1 saturated heterocycles. The lowest BCUT2D eigenvalue weighted by molar-refractivity contribution is -0.154. The highest BCUT2D eigenvalue weighted by atomic mass is 16.5. The van der Waals surface area contributed by atoms with Crippen LogP contribution in [-0.2, 0) is 14.3 Å². The first-order valence-corrected chi connectivity index (χ1v) is 8.06. The summed E-state index contributed by atoms with van der Waals surface area (Å²) >= 11 is 0. The molecule has 0 radical (unpaired) electrons. The standard InChI is InChI=1S/C15H25N3O4/c16-15(21)17-8-7-14(20)22-10-13(19)18-9-3-5-11-4-1-2-6-12(11)18/h11-12H,1-10H2,(H3,16,17,21)/t11-,12-/m0/s1. The number of nitrogens with zero attached hydrogens (tertiary/aromatic N) is 1. The second kappa shape index (κ2) is 8.00. The SMILES string of the molecule is NC(=O)NCCC(=O)OCC(=O)N1CCC[C@@H]2CCCC[C@@H]21. The van der Waals surface area contributed by atoms with Gasteiger partial charge >= 0.3 is 12.0 Å². The van der Waals surface area contributed by atoms with Crippen LogP contribution in [0.5, 0.6) is 0 Å². The lowest BCUT2D eigenvalue weighted by Crippen LogP contribution is -2.50. The number of carbonyl (C=O) groups excluding carboxylic acids is 3. The van der Waals surface area contributed by atoms with E-state index < -0.39 is 12.0 Å². The summed E-state index contributed by atoms with van der Waals surface area (Å²) in [6, 6.07) is -0.356. The molecule has 2 fully saturated rings. The number of primary amides is 1. The van der Waals surface area contributed by atoms with E-state index in [0.717, 1.165) is 19.4 Å². The minimum atomic E-state index is -0.680. The Morgan fingerprint density at radius 2 is 1.86 bits per heavy atom. The predicted molar refractivity (Wildman–Crippen MR) is 79.9 cm³/mol. The molecular weight excluding hydrogens is 286 g/mol. The Morgan fingerprint density at radius 1 is 1.14 bits per heavy atom. The van der Waals surface area contributed by atoms with Crippen molar-refractivity contribution < 1.29 is 19.1 Å². The first-order chi connectivity index (χ1) is 10.6. The normalized spacial score (nSPS) is 24.3. The van der Waals surface area contributed by atoms with E-state index in [-0.39, 0.29) is 25.5 Å². The Labute approximate surface area is 130 Å². The minimum absolute atomic E-state index is 0.0161. The fourth-order valence-electron chi connectivity index (χ4n) is 3.52. The van der Waals surface area contributed by atoms with E-state index in [0.29, 0.717) is 12.0 Å². The summed E-state index contributed by atoms with van der Waals surface area (Å²) in [5.74, 6) is 0.00836. The van der Waals surface area contributed by atoms with Crippen molar-refractivity contribution in [2.24, 2.45) is 11.7 Å². The Balaban J connectivity index is 1.74. The maximum absolute atomic E-state index is 12.3. The van der Waals surface area contributed by atoms with Gasteiger partial charge in [0.2, 0.25) is 0 Å². The zero-order valence-corrected chi connectivity index (χ0v) is 12.9. The average molecular weight is 311 g/mol. The molecule has 1 aliphatic heterocycles. The van der Waals surface area contributed by atoms with Crippen LogP contribution in [0.4, 0.5) is 4.79 Å². The Bertz CT molecular complexity index is 425. The van der Waals surface area contributed by atoms with Crippen LogP contribution in [0.25, 0.3) is 0 Å². The fourth-order valence-corrected chi connectivity index (χ4v) is 3.52. The molecule has 1 aliphatic carbocycles. The third-order valence-electron chi connectivity index (χ3n) is 4.55. The number of fused-ring (bicyclic) bond motifs is 1. The van der Waals surface area contributed by atoms with Crippen molar-refractivity contribution in [2.75, 3.05) is 19.7 Å². The third-order valence-corrected chi connectivity index (χ3v) is 4.55. The number of hydrogen-bond acceptors (Lipinski definition) is 4. The predicted octanol–water partition coefficient (Wildman–Crippen LogP) is 0.769. The Kier molecular flexibility index (Phi) is 6.03. The average Bonchev–Trinajstić information content (AvgIpc) is 2.51. The Morgan fingerprint density at radius 3 is 2.64 bits per heavy atom. The molecule has 3 amide bonds. The Hall–Kier alpha value is -1.79. The van der Waals surface area contributed by atoms with Crippen molar-refractivity contribution in [3.8, 4) is 0 Å². The molecule has 124 valence electrons. The van der Waals surface area contributed by atoms with Crippen molar-refractivity contribution in [1.29, 1.82) is 0 Å². The van der Waals surface area contributed by atoms with Gasteiger partial charge in [-0.3, -0.25) is 9.59 Å². The number of ether oxygens (including phenoxy) is 1. The number of nitrogens with one attached hydrogen (secondary N) is 1. The molecule has 0 aromatic rings. The van der Waals surface area contributed by atoms with Gasteiger partial charge in [0.15, 0.2) is 6.61 Å². The minimum Gasteiger partial charge on any atom is -0.456 e. The summed E-state index contributed by atoms with van der Waals surface area (Å²) < 4.78 is 5.00. The second-order valence-corrected chi connectivity index (χ2v) is 6.04. The van der Waals surface area contributed by atoms with E-state index in [2.05, 4.69) is 5.32 Å². The maximum Gasteiger partial charge on any atom is 0.312 e. The van der Waals surface area contributed by atoms with Crippen molar-refractivity contribution in [3.63, 3.8) is 0 Å². The van der Waals surface area contributed by atoms with Crippen LogP contribution < -0.4 is 11.1 Å². The third kappa shape index (κ3) is 4.61. The zero-order valence-electron chi connectivity index (χ0n) is 12.9. The molecule has 1 heterocycles. The first kappa shape index (κ1) is 16.6. The van der Waals surface area contributed by atoms with E-state index in [1.54, 1.807) is 0 Å². The highest BCUT2D eigenvalue weighted by Gasteiger charge is 2.35. The van der Waals surface area contributed by atoms with Gasteiger partial charge in [-0.05, 0) is 31.6 Å². The van der Waals surface area contributed by atoms with Crippen molar-refractivity contribution in [2.45, 2.75) is 51.0 Å². The molecule has 0 spiro atoms. The largest absolute Gasteiger partial charge is 0.456 e. The van der Waals surface area contributed by atoms with E-state index in [1.165, 1.54) is 25.7 Å². The lowest BCUT2D eigenvalue weighted by Gasteiger charge is -2.44. The molecule has 1 saturated carbocycles. The molecule has 0 aromatic carbocycles. The molecule has 0 aromatic heterocycles. The number of carbonyl (C=O) groups is 3. The van der Waals surface area contributed by atoms with Crippen LogP contribution in [0.15, 0.2) is 0 Å². The first-order valence-electron chi connectivity index (χ1n) is 8.06. The summed E-state index contributed by atoms with van der Waals surface area (Å²) in [4.78, 5) is 36.2. The van der Waals surface area contributed by atoms with Gasteiger partial charge in [-0.15, -0.1) is 0 Å². The zero-order chi connectivity index (χ0) is 15.9. The van der Waals surface area contributed by atoms with E-state index >= 15 is 0 Å². The molecule has 0 unspecified atom stereocenters. The number of likely N-dealkylation sites (tertiary alicyclic amines) is 1. The van der Waals surface area contributed by atoms with Crippen LogP contribution in [0.3, 0.4) is 0 Å². The summed E-state index contributed by atoms with van der Waals surface area (Å²) in [7, 11) is 0. The molecule has 0 bridgehead atoms. The summed E-state index contributed by atoms with van der Waals surface area (Å²) in [6.45, 7) is 0.677. The summed E-state index contributed by atoms with van der Waals surface area (Å²) in [5.41, 5.74) is 4.90. The second-order valence-electron chi connectivity index (χ2n) is 6.04. The van der Waals surface area contributed by atoms with E-state index in [1.807, 2.05) is 4.90 Å². The molecule has 2 aliphatic rings.